The molecule has 1 heterocycles. The third-order valence-electron chi connectivity index (χ3n) is 3.93. The van der Waals surface area contributed by atoms with Crippen LogP contribution in [0.4, 0.5) is 0 Å². The van der Waals surface area contributed by atoms with Crippen molar-refractivity contribution in [2.45, 2.75) is 46.3 Å². The van der Waals surface area contributed by atoms with E-state index in [0.717, 1.165) is 25.2 Å². The molecule has 0 unspecified atom stereocenters. The number of nitrogens with zero attached hydrogens (tertiary/aromatic N) is 2. The predicted octanol–water partition coefficient (Wildman–Crippen LogP) is 3.44. The van der Waals surface area contributed by atoms with Gasteiger partial charge < -0.3 is 5.32 Å². The third kappa shape index (κ3) is 4.26. The van der Waals surface area contributed by atoms with Crippen LogP contribution in [0.1, 0.15) is 33.3 Å². The molecule has 0 aliphatic carbocycles. The molecule has 2 aromatic rings. The van der Waals surface area contributed by atoms with Gasteiger partial charge in [0.15, 0.2) is 0 Å². The number of nitrogens with one attached hydrogen (secondary N) is 1. The Morgan fingerprint density at radius 3 is 2.48 bits per heavy atom. The summed E-state index contributed by atoms with van der Waals surface area (Å²) in [6.45, 7) is 12.0. The Hall–Kier alpha value is -1.45. The van der Waals surface area contributed by atoms with Gasteiger partial charge in [-0.2, -0.15) is 0 Å². The maximum absolute atomic E-state index is 4.41. The molecule has 0 radical (unpaired) electrons. The van der Waals surface area contributed by atoms with Crippen LogP contribution in [0.25, 0.3) is 10.9 Å². The Morgan fingerprint density at radius 1 is 1.05 bits per heavy atom. The molecule has 21 heavy (non-hydrogen) atoms. The number of hydrogen-bond acceptors (Lipinski definition) is 3. The fraction of sp³-hybridized carbons (Fsp3) is 0.500. The van der Waals surface area contributed by atoms with E-state index in [1.165, 1.54) is 10.9 Å². The van der Waals surface area contributed by atoms with Gasteiger partial charge in [0.1, 0.15) is 0 Å². The fourth-order valence-corrected chi connectivity index (χ4v) is 2.85. The Kier molecular flexibility index (Phi) is 5.71. The van der Waals surface area contributed by atoms with Crippen LogP contribution in [-0.2, 0) is 6.54 Å². The number of fused-ring (bicyclic) bond motifs is 1. The lowest BCUT2D eigenvalue weighted by molar-refractivity contribution is 0.176. The van der Waals surface area contributed by atoms with Crippen LogP contribution in [-0.4, -0.2) is 35.1 Å². The Bertz CT molecular complexity index is 550. The van der Waals surface area contributed by atoms with Crippen LogP contribution < -0.4 is 5.32 Å². The number of hydrogen-bond donors (Lipinski definition) is 1. The summed E-state index contributed by atoms with van der Waals surface area (Å²) in [6.07, 6.45) is 1.90. The van der Waals surface area contributed by atoms with E-state index in [2.05, 4.69) is 67.2 Å². The molecule has 3 nitrogen and oxygen atoms in total. The van der Waals surface area contributed by atoms with Crippen molar-refractivity contribution in [3.05, 3.63) is 42.1 Å². The van der Waals surface area contributed by atoms with Crippen molar-refractivity contribution in [1.82, 2.24) is 15.2 Å². The predicted molar refractivity (Wildman–Crippen MR) is 90.4 cm³/mol. The molecule has 114 valence electrons. The van der Waals surface area contributed by atoms with Gasteiger partial charge in [0.25, 0.3) is 0 Å². The molecule has 0 fully saturated rings. The topological polar surface area (TPSA) is 28.2 Å². The molecule has 0 aliphatic rings. The minimum absolute atomic E-state index is 0.591. The smallest absolute Gasteiger partial charge is 0.0705 e. The molecule has 2 rings (SSSR count). The van der Waals surface area contributed by atoms with Crippen molar-refractivity contribution in [1.29, 1.82) is 0 Å². The third-order valence-corrected chi connectivity index (χ3v) is 3.93. The van der Waals surface area contributed by atoms with Crippen molar-refractivity contribution >= 4 is 10.9 Å². The van der Waals surface area contributed by atoms with Gasteiger partial charge in [0, 0.05) is 43.3 Å². The van der Waals surface area contributed by atoms with E-state index in [1.54, 1.807) is 0 Å². The first-order chi connectivity index (χ1) is 10.1. The summed E-state index contributed by atoms with van der Waals surface area (Å²) in [6, 6.07) is 11.6. The molecule has 0 bridgehead atoms. The van der Waals surface area contributed by atoms with Crippen LogP contribution in [0.15, 0.2) is 36.5 Å². The minimum atomic E-state index is 0.591. The van der Waals surface area contributed by atoms with E-state index < -0.39 is 0 Å². The van der Waals surface area contributed by atoms with Crippen LogP contribution >= 0.6 is 0 Å². The number of pyridine rings is 1. The first kappa shape index (κ1) is 15.9. The summed E-state index contributed by atoms with van der Waals surface area (Å²) in [7, 11) is 0. The maximum Gasteiger partial charge on any atom is 0.0705 e. The monoisotopic (exact) mass is 285 g/mol. The van der Waals surface area contributed by atoms with Crippen molar-refractivity contribution in [3.8, 4) is 0 Å². The highest BCUT2D eigenvalue weighted by Gasteiger charge is 2.12. The maximum atomic E-state index is 4.41. The first-order valence-corrected chi connectivity index (χ1v) is 7.88. The summed E-state index contributed by atoms with van der Waals surface area (Å²) >= 11 is 0. The van der Waals surface area contributed by atoms with E-state index in [-0.39, 0.29) is 0 Å². The highest BCUT2D eigenvalue weighted by molar-refractivity contribution is 5.81. The summed E-state index contributed by atoms with van der Waals surface area (Å²) in [5.74, 6) is 0. The van der Waals surface area contributed by atoms with Gasteiger partial charge in [0.2, 0.25) is 0 Å². The van der Waals surface area contributed by atoms with E-state index in [0.29, 0.717) is 12.1 Å². The molecule has 0 saturated carbocycles. The molecule has 3 heteroatoms. The van der Waals surface area contributed by atoms with Gasteiger partial charge in [-0.25, -0.2) is 0 Å². The van der Waals surface area contributed by atoms with Crippen LogP contribution in [0.3, 0.4) is 0 Å². The summed E-state index contributed by atoms with van der Waals surface area (Å²) in [5.41, 5.74) is 2.39. The average Bonchev–Trinajstić information content (AvgIpc) is 2.46. The molecule has 0 saturated heterocycles. The lowest BCUT2D eigenvalue weighted by Gasteiger charge is -2.30. The summed E-state index contributed by atoms with van der Waals surface area (Å²) < 4.78 is 0. The molecular formula is C18H27N3. The van der Waals surface area contributed by atoms with Crippen LogP contribution in [0.5, 0.6) is 0 Å². The SMILES string of the molecule is CC(C)N(CCNCc1ccnc2ccccc12)C(C)C. The van der Waals surface area contributed by atoms with Crippen molar-refractivity contribution < 1.29 is 0 Å². The molecule has 1 aromatic carbocycles. The number of rotatable bonds is 7. The lowest BCUT2D eigenvalue weighted by atomic mass is 10.1. The van der Waals surface area contributed by atoms with E-state index in [1.807, 2.05) is 12.3 Å². The van der Waals surface area contributed by atoms with Crippen molar-refractivity contribution in [3.63, 3.8) is 0 Å². The molecular weight excluding hydrogens is 258 g/mol. The largest absolute Gasteiger partial charge is 0.311 e. The second-order valence-corrected chi connectivity index (χ2v) is 6.09. The van der Waals surface area contributed by atoms with Crippen LogP contribution in [0, 0.1) is 0 Å². The van der Waals surface area contributed by atoms with Crippen LogP contribution in [0.2, 0.25) is 0 Å². The number of benzene rings is 1. The quantitative estimate of drug-likeness (QED) is 0.790. The molecule has 0 amide bonds. The van der Waals surface area contributed by atoms with Gasteiger partial charge in [-0.15, -0.1) is 0 Å². The second kappa shape index (κ2) is 7.53. The molecule has 1 aromatic heterocycles. The standard InChI is InChI=1S/C18H27N3/c1-14(2)21(15(3)4)12-11-19-13-16-9-10-20-18-8-6-5-7-17(16)18/h5-10,14-15,19H,11-13H2,1-4H3. The molecule has 0 spiro atoms. The van der Waals surface area contributed by atoms with Gasteiger partial charge in [-0.05, 0) is 45.4 Å². The first-order valence-electron chi connectivity index (χ1n) is 7.88. The number of aromatic nitrogens is 1. The average molecular weight is 285 g/mol. The second-order valence-electron chi connectivity index (χ2n) is 6.09. The zero-order valence-corrected chi connectivity index (χ0v) is 13.6. The molecule has 0 atom stereocenters. The van der Waals surface area contributed by atoms with E-state index in [4.69, 9.17) is 0 Å². The van der Waals surface area contributed by atoms with Crippen molar-refractivity contribution in [2.75, 3.05) is 13.1 Å². The molecule has 0 aliphatic heterocycles. The van der Waals surface area contributed by atoms with Gasteiger partial charge in [-0.3, -0.25) is 9.88 Å². The van der Waals surface area contributed by atoms with E-state index in [9.17, 15) is 0 Å². The highest BCUT2D eigenvalue weighted by atomic mass is 15.2. The van der Waals surface area contributed by atoms with Gasteiger partial charge in [0.05, 0.1) is 5.52 Å². The normalized spacial score (nSPS) is 12.0. The lowest BCUT2D eigenvalue weighted by Crippen LogP contribution is -2.41. The van der Waals surface area contributed by atoms with Gasteiger partial charge in [-0.1, -0.05) is 18.2 Å². The summed E-state index contributed by atoms with van der Waals surface area (Å²) in [5, 5.41) is 4.81. The zero-order valence-electron chi connectivity index (χ0n) is 13.6. The number of para-hydroxylation sites is 1. The zero-order chi connectivity index (χ0) is 15.2. The minimum Gasteiger partial charge on any atom is -0.311 e. The Balaban J connectivity index is 1.91. The Labute approximate surface area is 128 Å². The highest BCUT2D eigenvalue weighted by Crippen LogP contribution is 2.15. The van der Waals surface area contributed by atoms with Gasteiger partial charge >= 0.3 is 0 Å². The Morgan fingerprint density at radius 2 is 1.76 bits per heavy atom. The van der Waals surface area contributed by atoms with E-state index >= 15 is 0 Å². The fourth-order valence-electron chi connectivity index (χ4n) is 2.85. The molecule has 1 N–H and O–H groups in total. The summed E-state index contributed by atoms with van der Waals surface area (Å²) in [4.78, 5) is 6.92. The van der Waals surface area contributed by atoms with Crippen molar-refractivity contribution in [2.24, 2.45) is 0 Å².